The lowest BCUT2D eigenvalue weighted by molar-refractivity contribution is -0.112. The quantitative estimate of drug-likeness (QED) is 0.537. The van der Waals surface area contributed by atoms with Gasteiger partial charge in [-0.05, 0) is 34.6 Å². The van der Waals surface area contributed by atoms with Crippen molar-refractivity contribution in [2.45, 2.75) is 0 Å². The number of carbonyl (C=O) groups is 2. The Hall–Kier alpha value is -4.40. The Morgan fingerprint density at radius 2 is 1.19 bits per heavy atom. The summed E-state index contributed by atoms with van der Waals surface area (Å²) in [6.45, 7) is 0. The number of nitrogens with one attached hydrogen (secondary N) is 2. The van der Waals surface area contributed by atoms with Gasteiger partial charge in [0.2, 0.25) is 23.5 Å². The van der Waals surface area contributed by atoms with Gasteiger partial charge in [0.1, 0.15) is 11.5 Å². The van der Waals surface area contributed by atoms with E-state index < -0.39 is 11.8 Å². The van der Waals surface area contributed by atoms with Gasteiger partial charge in [-0.2, -0.15) is 0 Å². The average molecular weight is 420 g/mol. The summed E-state index contributed by atoms with van der Waals surface area (Å²) in [7, 11) is 3.09. The molecule has 0 fully saturated rings. The molecule has 0 saturated carbocycles. The van der Waals surface area contributed by atoms with Crippen molar-refractivity contribution in [1.82, 2.24) is 10.3 Å². The third-order valence-electron chi connectivity index (χ3n) is 4.08. The van der Waals surface area contributed by atoms with Gasteiger partial charge in [0.25, 0.3) is 0 Å². The molecule has 0 atom stereocenters. The van der Waals surface area contributed by atoms with Crippen LogP contribution in [0.25, 0.3) is 12.2 Å². The number of ether oxygens (including phenoxy) is 2. The van der Waals surface area contributed by atoms with Gasteiger partial charge in [-0.15, -0.1) is 0 Å². The van der Waals surface area contributed by atoms with E-state index in [2.05, 4.69) is 25.6 Å². The van der Waals surface area contributed by atoms with Crippen molar-refractivity contribution in [3.05, 3.63) is 71.8 Å². The summed E-state index contributed by atoms with van der Waals surface area (Å²) >= 11 is 0. The van der Waals surface area contributed by atoms with Gasteiger partial charge < -0.3 is 20.1 Å². The number of aromatic nitrogens is 2. The molecular weight excluding hydrogens is 400 g/mol. The summed E-state index contributed by atoms with van der Waals surface area (Å²) in [5.74, 6) is 0.250. The molecule has 0 unspecified atom stereocenters. The number of benzene rings is 2. The molecule has 31 heavy (non-hydrogen) atoms. The summed E-state index contributed by atoms with van der Waals surface area (Å²) in [6, 6.07) is 14.5. The summed E-state index contributed by atoms with van der Waals surface area (Å²) < 4.78 is 15.1. The normalized spacial score (nSPS) is 10.9. The van der Waals surface area contributed by atoms with Gasteiger partial charge in [-0.3, -0.25) is 9.59 Å². The number of amides is 2. The van der Waals surface area contributed by atoms with E-state index in [1.165, 1.54) is 12.2 Å². The van der Waals surface area contributed by atoms with E-state index in [0.717, 1.165) is 11.1 Å². The van der Waals surface area contributed by atoms with Gasteiger partial charge >= 0.3 is 0 Å². The molecule has 2 amide bonds. The zero-order chi connectivity index (χ0) is 22.1. The molecule has 1 aromatic heterocycles. The summed E-state index contributed by atoms with van der Waals surface area (Å²) in [4.78, 5) is 24.4. The fourth-order valence-electron chi connectivity index (χ4n) is 2.61. The first-order valence-electron chi connectivity index (χ1n) is 9.17. The monoisotopic (exact) mass is 420 g/mol. The highest BCUT2D eigenvalue weighted by atomic mass is 16.6. The van der Waals surface area contributed by atoms with Gasteiger partial charge in [0, 0.05) is 23.3 Å². The molecule has 0 bridgehead atoms. The van der Waals surface area contributed by atoms with Crippen LogP contribution in [0.1, 0.15) is 11.1 Å². The Labute approximate surface area is 178 Å². The molecular formula is C22H20N4O5. The second-order valence-electron chi connectivity index (χ2n) is 6.09. The number of anilines is 2. The summed E-state index contributed by atoms with van der Waals surface area (Å²) in [5, 5.41) is 12.2. The molecule has 0 radical (unpaired) electrons. The second-order valence-corrected chi connectivity index (χ2v) is 6.09. The Kier molecular flexibility index (Phi) is 7.15. The Morgan fingerprint density at radius 1 is 0.774 bits per heavy atom. The number of carbonyl (C=O) groups excluding carboxylic acids is 2. The maximum Gasteiger partial charge on any atom is 0.249 e. The van der Waals surface area contributed by atoms with Crippen LogP contribution in [0.5, 0.6) is 11.5 Å². The molecule has 0 spiro atoms. The standard InChI is InChI=1S/C22H20N4O5/c1-29-17-9-5-3-7-15(17)11-13-19(27)23-21-22(26-31-25-21)24-20(28)14-12-16-8-4-6-10-18(16)30-2/h3-14H,1-2H3,(H,23,25,27)(H,24,26,28). The van der Waals surface area contributed by atoms with Crippen LogP contribution in [0.15, 0.2) is 65.3 Å². The average Bonchev–Trinajstić information content (AvgIpc) is 3.22. The molecule has 2 N–H and O–H groups in total. The maximum absolute atomic E-state index is 12.2. The lowest BCUT2D eigenvalue weighted by Crippen LogP contribution is -2.13. The first kappa shape index (κ1) is 21.3. The van der Waals surface area contributed by atoms with E-state index in [-0.39, 0.29) is 11.6 Å². The highest BCUT2D eigenvalue weighted by Gasteiger charge is 2.14. The molecule has 2 aromatic carbocycles. The predicted molar refractivity (Wildman–Crippen MR) is 116 cm³/mol. The Morgan fingerprint density at radius 3 is 1.61 bits per heavy atom. The van der Waals surface area contributed by atoms with Crippen LogP contribution in [0.2, 0.25) is 0 Å². The largest absolute Gasteiger partial charge is 0.496 e. The van der Waals surface area contributed by atoms with Crippen LogP contribution >= 0.6 is 0 Å². The van der Waals surface area contributed by atoms with E-state index in [0.29, 0.717) is 11.5 Å². The highest BCUT2D eigenvalue weighted by molar-refractivity contribution is 6.06. The predicted octanol–water partition coefficient (Wildman–Crippen LogP) is 3.39. The van der Waals surface area contributed by atoms with Crippen LogP contribution in [-0.4, -0.2) is 36.3 Å². The van der Waals surface area contributed by atoms with Gasteiger partial charge in [0.05, 0.1) is 14.2 Å². The molecule has 0 aliphatic carbocycles. The smallest absolute Gasteiger partial charge is 0.249 e. The van der Waals surface area contributed by atoms with Gasteiger partial charge in [-0.1, -0.05) is 36.4 Å². The topological polar surface area (TPSA) is 116 Å². The maximum atomic E-state index is 12.2. The fourth-order valence-corrected chi connectivity index (χ4v) is 2.61. The van der Waals surface area contributed by atoms with E-state index in [1.807, 2.05) is 24.3 Å². The molecule has 9 heteroatoms. The van der Waals surface area contributed by atoms with E-state index >= 15 is 0 Å². The Bertz CT molecular complexity index is 1030. The van der Waals surface area contributed by atoms with Crippen LogP contribution < -0.4 is 20.1 Å². The summed E-state index contributed by atoms with van der Waals surface area (Å²) in [5.41, 5.74) is 1.46. The van der Waals surface area contributed by atoms with Crippen LogP contribution in [0.4, 0.5) is 11.6 Å². The van der Waals surface area contributed by atoms with Crippen molar-refractivity contribution < 1.29 is 23.7 Å². The molecule has 0 aliphatic heterocycles. The minimum atomic E-state index is -0.485. The van der Waals surface area contributed by atoms with Gasteiger partial charge in [-0.25, -0.2) is 4.63 Å². The van der Waals surface area contributed by atoms with Crippen molar-refractivity contribution in [2.24, 2.45) is 0 Å². The van der Waals surface area contributed by atoms with Crippen molar-refractivity contribution in [3.8, 4) is 11.5 Å². The first-order valence-corrected chi connectivity index (χ1v) is 9.17. The fraction of sp³-hybridized carbons (Fsp3) is 0.0909. The number of para-hydroxylation sites is 2. The van der Waals surface area contributed by atoms with Crippen LogP contribution in [0, 0.1) is 0 Å². The second kappa shape index (κ2) is 10.4. The van der Waals surface area contributed by atoms with E-state index in [9.17, 15) is 9.59 Å². The van der Waals surface area contributed by atoms with E-state index in [4.69, 9.17) is 9.47 Å². The third-order valence-corrected chi connectivity index (χ3v) is 4.08. The van der Waals surface area contributed by atoms with Crippen molar-refractivity contribution in [3.63, 3.8) is 0 Å². The number of hydrogen-bond acceptors (Lipinski definition) is 7. The molecule has 3 rings (SSSR count). The van der Waals surface area contributed by atoms with Gasteiger partial charge in [0.15, 0.2) is 0 Å². The minimum Gasteiger partial charge on any atom is -0.496 e. The zero-order valence-corrected chi connectivity index (χ0v) is 16.9. The van der Waals surface area contributed by atoms with Crippen molar-refractivity contribution in [1.29, 1.82) is 0 Å². The van der Waals surface area contributed by atoms with Crippen molar-refractivity contribution in [2.75, 3.05) is 24.9 Å². The molecule has 0 aliphatic rings. The minimum absolute atomic E-state index is 0.0197. The molecule has 0 saturated heterocycles. The number of hydrogen-bond donors (Lipinski definition) is 2. The lowest BCUT2D eigenvalue weighted by Gasteiger charge is -2.04. The molecule has 1 heterocycles. The molecule has 158 valence electrons. The SMILES string of the molecule is COc1ccccc1C=CC(=O)Nc1nonc1NC(=O)C=Cc1ccccc1OC. The number of nitrogens with zero attached hydrogens (tertiary/aromatic N) is 2. The zero-order valence-electron chi connectivity index (χ0n) is 16.9. The Balaban J connectivity index is 1.62. The highest BCUT2D eigenvalue weighted by Crippen LogP contribution is 2.20. The molecule has 9 nitrogen and oxygen atoms in total. The van der Waals surface area contributed by atoms with Crippen molar-refractivity contribution >= 4 is 35.6 Å². The third kappa shape index (κ3) is 5.80. The van der Waals surface area contributed by atoms with Crippen LogP contribution in [0.3, 0.4) is 0 Å². The van der Waals surface area contributed by atoms with Crippen LogP contribution in [-0.2, 0) is 9.59 Å². The molecule has 3 aromatic rings. The summed E-state index contributed by atoms with van der Waals surface area (Å²) in [6.07, 6.45) is 5.80. The van der Waals surface area contributed by atoms with E-state index in [1.54, 1.807) is 50.6 Å². The number of rotatable bonds is 8. The first-order chi connectivity index (χ1) is 15.1. The number of methoxy groups -OCH3 is 2. The lowest BCUT2D eigenvalue weighted by atomic mass is 10.2.